The van der Waals surface area contributed by atoms with Crippen LogP contribution in [-0.4, -0.2) is 39.0 Å². The molecule has 0 aromatic heterocycles. The highest BCUT2D eigenvalue weighted by atomic mass is 35.7. The van der Waals surface area contributed by atoms with Crippen LogP contribution in [0.3, 0.4) is 0 Å². The molecule has 90 valence electrons. The van der Waals surface area contributed by atoms with Crippen molar-refractivity contribution in [1.29, 1.82) is 0 Å². The van der Waals surface area contributed by atoms with E-state index in [0.717, 1.165) is 0 Å². The molecule has 0 N–H and O–H groups in total. The molecular weight excluding hydrogens is 244 g/mol. The van der Waals surface area contributed by atoms with E-state index in [1.807, 2.05) is 0 Å². The molecule has 5 nitrogen and oxygen atoms in total. The molecule has 0 heterocycles. The largest absolute Gasteiger partial charge is 0.458 e. The fourth-order valence-electron chi connectivity index (χ4n) is 0.685. The van der Waals surface area contributed by atoms with Gasteiger partial charge in [-0.05, 0) is 20.8 Å². The van der Waals surface area contributed by atoms with Crippen molar-refractivity contribution in [3.63, 3.8) is 0 Å². The van der Waals surface area contributed by atoms with Gasteiger partial charge in [0.25, 0.3) is 0 Å². The van der Waals surface area contributed by atoms with E-state index in [1.54, 1.807) is 20.8 Å². The van der Waals surface area contributed by atoms with E-state index in [9.17, 15) is 13.2 Å². The smallest absolute Gasteiger partial charge is 0.332 e. The van der Waals surface area contributed by atoms with Crippen molar-refractivity contribution in [1.82, 2.24) is 0 Å². The summed E-state index contributed by atoms with van der Waals surface area (Å²) in [6.07, 6.45) is 0. The molecule has 0 aromatic rings. The zero-order chi connectivity index (χ0) is 12.1. The zero-order valence-electron chi connectivity index (χ0n) is 8.95. The first kappa shape index (κ1) is 14.7. The summed E-state index contributed by atoms with van der Waals surface area (Å²) in [4.78, 5) is 11.1. The van der Waals surface area contributed by atoms with Crippen LogP contribution >= 0.6 is 10.7 Å². The second-order valence-corrected chi connectivity index (χ2v) is 6.78. The first-order valence-corrected chi connectivity index (χ1v) is 6.80. The van der Waals surface area contributed by atoms with E-state index >= 15 is 0 Å². The van der Waals surface area contributed by atoms with Gasteiger partial charge in [-0.15, -0.1) is 0 Å². The van der Waals surface area contributed by atoms with Crippen LogP contribution in [0.4, 0.5) is 0 Å². The molecule has 0 aromatic carbocycles. The minimum atomic E-state index is -3.56. The van der Waals surface area contributed by atoms with Crippen LogP contribution in [0.25, 0.3) is 0 Å². The molecule has 0 amide bonds. The number of carbonyl (C=O) groups is 1. The highest BCUT2D eigenvalue weighted by molar-refractivity contribution is 8.13. The minimum Gasteiger partial charge on any atom is -0.458 e. The number of rotatable bonds is 5. The van der Waals surface area contributed by atoms with Gasteiger partial charge in [-0.3, -0.25) is 0 Å². The van der Waals surface area contributed by atoms with Gasteiger partial charge in [0.2, 0.25) is 9.05 Å². The summed E-state index contributed by atoms with van der Waals surface area (Å²) in [5.41, 5.74) is -0.570. The number of hydrogen-bond acceptors (Lipinski definition) is 5. The fourth-order valence-corrected chi connectivity index (χ4v) is 1.19. The van der Waals surface area contributed by atoms with Crippen LogP contribution in [0.15, 0.2) is 0 Å². The van der Waals surface area contributed by atoms with Crippen molar-refractivity contribution in [2.24, 2.45) is 0 Å². The van der Waals surface area contributed by atoms with Crippen molar-refractivity contribution in [2.75, 3.05) is 19.0 Å². The molecule has 0 unspecified atom stereocenters. The maximum absolute atomic E-state index is 11.1. The highest BCUT2D eigenvalue weighted by Crippen LogP contribution is 2.06. The normalized spacial score (nSPS) is 12.5. The third-order valence-electron chi connectivity index (χ3n) is 1.11. The summed E-state index contributed by atoms with van der Waals surface area (Å²) in [5.74, 6) is -0.855. The first-order valence-electron chi connectivity index (χ1n) is 4.32. The second-order valence-electron chi connectivity index (χ2n) is 3.88. The van der Waals surface area contributed by atoms with Gasteiger partial charge >= 0.3 is 5.97 Å². The van der Waals surface area contributed by atoms with Crippen LogP contribution < -0.4 is 0 Å². The molecule has 0 spiro atoms. The summed E-state index contributed by atoms with van der Waals surface area (Å²) >= 11 is 0. The van der Waals surface area contributed by atoms with Gasteiger partial charge in [-0.1, -0.05) is 0 Å². The van der Waals surface area contributed by atoms with Crippen molar-refractivity contribution >= 4 is 25.7 Å². The third kappa shape index (κ3) is 11.6. The molecule has 0 aliphatic heterocycles. The second kappa shape index (κ2) is 5.67. The average Bonchev–Trinajstić information content (AvgIpc) is 1.92. The molecule has 0 saturated heterocycles. The summed E-state index contributed by atoms with van der Waals surface area (Å²) < 4.78 is 30.7. The molecule has 0 saturated carbocycles. The van der Waals surface area contributed by atoms with Gasteiger partial charge in [-0.25, -0.2) is 13.2 Å². The van der Waals surface area contributed by atoms with E-state index in [4.69, 9.17) is 20.2 Å². The van der Waals surface area contributed by atoms with Gasteiger partial charge in [0, 0.05) is 10.7 Å². The van der Waals surface area contributed by atoms with E-state index in [2.05, 4.69) is 0 Å². The fraction of sp³-hybridized carbons (Fsp3) is 0.875. The Kier molecular flexibility index (Phi) is 5.55. The number of halogens is 1. The molecule has 0 radical (unpaired) electrons. The molecular formula is C8H15ClO5S. The molecule has 15 heavy (non-hydrogen) atoms. The molecule has 0 rings (SSSR count). The molecule has 0 fully saturated rings. The third-order valence-corrected chi connectivity index (χ3v) is 2.23. The molecule has 0 atom stereocenters. The van der Waals surface area contributed by atoms with Gasteiger partial charge in [-0.2, -0.15) is 0 Å². The molecule has 0 aliphatic rings. The Morgan fingerprint density at radius 3 is 2.27 bits per heavy atom. The maximum Gasteiger partial charge on any atom is 0.332 e. The lowest BCUT2D eigenvalue weighted by molar-refractivity contribution is -0.160. The van der Waals surface area contributed by atoms with Crippen molar-refractivity contribution in [3.8, 4) is 0 Å². The molecule has 0 aliphatic carbocycles. The minimum absolute atomic E-state index is 0.120. The summed E-state index contributed by atoms with van der Waals surface area (Å²) in [5, 5.41) is 0. The van der Waals surface area contributed by atoms with E-state index < -0.39 is 20.6 Å². The topological polar surface area (TPSA) is 69.7 Å². The lowest BCUT2D eigenvalue weighted by Crippen LogP contribution is -2.27. The van der Waals surface area contributed by atoms with Crippen LogP contribution in [0.2, 0.25) is 0 Å². The Hall–Kier alpha value is -0.330. The van der Waals surface area contributed by atoms with Crippen LogP contribution in [0.1, 0.15) is 20.8 Å². The van der Waals surface area contributed by atoms with Crippen LogP contribution in [0, 0.1) is 0 Å². The summed E-state index contributed by atoms with van der Waals surface area (Å²) in [7, 11) is 1.37. The number of ether oxygens (including phenoxy) is 2. The Morgan fingerprint density at radius 2 is 1.87 bits per heavy atom. The van der Waals surface area contributed by atoms with E-state index in [0.29, 0.717) is 0 Å². The molecule has 0 bridgehead atoms. The Bertz CT molecular complexity index is 303. The van der Waals surface area contributed by atoms with E-state index in [-0.39, 0.29) is 19.0 Å². The SMILES string of the molecule is CC(C)(C)OC(=O)COCCS(=O)(=O)Cl. The average molecular weight is 259 g/mol. The maximum atomic E-state index is 11.1. The highest BCUT2D eigenvalue weighted by Gasteiger charge is 2.16. The number of carbonyl (C=O) groups excluding carboxylic acids is 1. The summed E-state index contributed by atoms with van der Waals surface area (Å²) in [6.45, 7) is 4.80. The standard InChI is InChI=1S/C8H15ClO5S/c1-8(2,3)14-7(10)6-13-4-5-15(9,11)12/h4-6H2,1-3H3. The quantitative estimate of drug-likeness (QED) is 0.417. The summed E-state index contributed by atoms with van der Waals surface area (Å²) in [6, 6.07) is 0. The monoisotopic (exact) mass is 258 g/mol. The number of hydrogen-bond donors (Lipinski definition) is 0. The van der Waals surface area contributed by atoms with E-state index in [1.165, 1.54) is 0 Å². The van der Waals surface area contributed by atoms with Crippen molar-refractivity contribution in [3.05, 3.63) is 0 Å². The Balaban J connectivity index is 3.66. The van der Waals surface area contributed by atoms with Gasteiger partial charge < -0.3 is 9.47 Å². The van der Waals surface area contributed by atoms with Gasteiger partial charge in [0.05, 0.1) is 12.4 Å². The van der Waals surface area contributed by atoms with Crippen molar-refractivity contribution in [2.45, 2.75) is 26.4 Å². The number of esters is 1. The Labute approximate surface area is 94.1 Å². The predicted octanol–water partition coefficient (Wildman–Crippen LogP) is 0.913. The molecule has 7 heteroatoms. The van der Waals surface area contributed by atoms with Crippen molar-refractivity contribution < 1.29 is 22.7 Å². The lowest BCUT2D eigenvalue weighted by Gasteiger charge is -2.19. The van der Waals surface area contributed by atoms with Crippen LogP contribution in [0.5, 0.6) is 0 Å². The van der Waals surface area contributed by atoms with Gasteiger partial charge in [0.15, 0.2) is 0 Å². The Morgan fingerprint density at radius 1 is 1.33 bits per heavy atom. The van der Waals surface area contributed by atoms with Gasteiger partial charge in [0.1, 0.15) is 12.2 Å². The lowest BCUT2D eigenvalue weighted by atomic mass is 10.2. The van der Waals surface area contributed by atoms with Crippen LogP contribution in [-0.2, 0) is 23.3 Å². The predicted molar refractivity (Wildman–Crippen MR) is 56.3 cm³/mol. The first-order chi connectivity index (χ1) is 6.60. The zero-order valence-corrected chi connectivity index (χ0v) is 10.5.